The van der Waals surface area contributed by atoms with Crippen LogP contribution in [0.15, 0.2) is 40.9 Å². The molecule has 2 aromatic rings. The molecular formula is C14H12BrF2N. The minimum Gasteiger partial charge on any atom is -0.320 e. The highest BCUT2D eigenvalue weighted by Crippen LogP contribution is 2.30. The van der Waals surface area contributed by atoms with Crippen LogP contribution in [0.25, 0.3) is 0 Å². The van der Waals surface area contributed by atoms with Crippen molar-refractivity contribution < 1.29 is 8.78 Å². The summed E-state index contributed by atoms with van der Waals surface area (Å²) in [6, 6.07) is 8.63. The van der Waals surface area contributed by atoms with Gasteiger partial charge in [0.25, 0.3) is 0 Å². The van der Waals surface area contributed by atoms with E-state index in [1.807, 2.05) is 0 Å². The lowest BCUT2D eigenvalue weighted by Crippen LogP contribution is -2.14. The van der Waals surface area contributed by atoms with Gasteiger partial charge in [0.15, 0.2) is 0 Å². The summed E-state index contributed by atoms with van der Waals surface area (Å²) in [5.41, 5.74) is 8.29. The molecule has 0 aliphatic heterocycles. The Kier molecular flexibility index (Phi) is 3.78. The lowest BCUT2D eigenvalue weighted by atomic mass is 9.96. The number of halogens is 3. The molecule has 94 valence electrons. The first-order valence-corrected chi connectivity index (χ1v) is 6.25. The van der Waals surface area contributed by atoms with E-state index >= 15 is 0 Å². The van der Waals surface area contributed by atoms with E-state index in [2.05, 4.69) is 15.9 Å². The van der Waals surface area contributed by atoms with Crippen molar-refractivity contribution in [3.8, 4) is 0 Å². The highest BCUT2D eigenvalue weighted by atomic mass is 79.9. The van der Waals surface area contributed by atoms with Crippen LogP contribution in [0.4, 0.5) is 8.78 Å². The molecule has 0 heterocycles. The van der Waals surface area contributed by atoms with Gasteiger partial charge in [0, 0.05) is 0 Å². The summed E-state index contributed by atoms with van der Waals surface area (Å²) in [6.07, 6.45) is 0. The third kappa shape index (κ3) is 2.44. The molecular weight excluding hydrogens is 300 g/mol. The lowest BCUT2D eigenvalue weighted by Gasteiger charge is -2.17. The Morgan fingerprint density at radius 2 is 1.83 bits per heavy atom. The minimum absolute atomic E-state index is 0.304. The topological polar surface area (TPSA) is 26.0 Å². The van der Waals surface area contributed by atoms with Crippen molar-refractivity contribution in [1.82, 2.24) is 0 Å². The van der Waals surface area contributed by atoms with Crippen LogP contribution in [0.2, 0.25) is 0 Å². The lowest BCUT2D eigenvalue weighted by molar-refractivity contribution is 0.614. The molecule has 2 N–H and O–H groups in total. The summed E-state index contributed by atoms with van der Waals surface area (Å²) >= 11 is 3.19. The van der Waals surface area contributed by atoms with Gasteiger partial charge in [-0.3, -0.25) is 0 Å². The summed E-state index contributed by atoms with van der Waals surface area (Å²) < 4.78 is 26.9. The highest BCUT2D eigenvalue weighted by Gasteiger charge is 2.16. The molecule has 0 radical (unpaired) electrons. The number of benzene rings is 2. The summed E-state index contributed by atoms with van der Waals surface area (Å²) in [4.78, 5) is 0. The molecule has 0 saturated carbocycles. The largest absolute Gasteiger partial charge is 0.320 e. The van der Waals surface area contributed by atoms with Gasteiger partial charge in [-0.15, -0.1) is 0 Å². The maximum Gasteiger partial charge on any atom is 0.137 e. The summed E-state index contributed by atoms with van der Waals surface area (Å²) in [7, 11) is 0. The van der Waals surface area contributed by atoms with Gasteiger partial charge < -0.3 is 5.73 Å². The number of aryl methyl sites for hydroxylation is 1. The highest BCUT2D eigenvalue weighted by molar-refractivity contribution is 9.10. The second-order valence-corrected chi connectivity index (χ2v) is 4.91. The van der Waals surface area contributed by atoms with Crippen molar-refractivity contribution in [3.05, 3.63) is 69.2 Å². The van der Waals surface area contributed by atoms with Crippen LogP contribution in [0.1, 0.15) is 22.7 Å². The fourth-order valence-corrected chi connectivity index (χ4v) is 2.43. The average molecular weight is 312 g/mol. The summed E-state index contributed by atoms with van der Waals surface area (Å²) in [5.74, 6) is -0.663. The van der Waals surface area contributed by atoms with Crippen molar-refractivity contribution in [2.75, 3.05) is 0 Å². The molecule has 2 aromatic carbocycles. The quantitative estimate of drug-likeness (QED) is 0.888. The Morgan fingerprint density at radius 1 is 1.11 bits per heavy atom. The third-order valence-electron chi connectivity index (χ3n) is 2.88. The van der Waals surface area contributed by atoms with Crippen LogP contribution < -0.4 is 5.73 Å². The van der Waals surface area contributed by atoms with Gasteiger partial charge in [-0.2, -0.15) is 0 Å². The predicted molar refractivity (Wildman–Crippen MR) is 71.3 cm³/mol. The first-order chi connectivity index (χ1) is 8.50. The van der Waals surface area contributed by atoms with E-state index in [-0.39, 0.29) is 11.6 Å². The van der Waals surface area contributed by atoms with Crippen LogP contribution >= 0.6 is 15.9 Å². The van der Waals surface area contributed by atoms with E-state index in [4.69, 9.17) is 5.73 Å². The second-order valence-electron chi connectivity index (χ2n) is 4.12. The number of nitrogens with two attached hydrogens (primary N) is 1. The van der Waals surface area contributed by atoms with E-state index in [0.29, 0.717) is 10.0 Å². The fraction of sp³-hybridized carbons (Fsp3) is 0.143. The molecule has 18 heavy (non-hydrogen) atoms. The van der Waals surface area contributed by atoms with Gasteiger partial charge in [0.05, 0.1) is 10.5 Å². The molecule has 0 spiro atoms. The molecule has 0 aliphatic carbocycles. The summed E-state index contributed by atoms with van der Waals surface area (Å²) in [6.45, 7) is 1.78. The van der Waals surface area contributed by atoms with E-state index < -0.39 is 6.04 Å². The molecule has 0 aliphatic rings. The maximum absolute atomic E-state index is 13.5. The van der Waals surface area contributed by atoms with Gasteiger partial charge in [0.2, 0.25) is 0 Å². The van der Waals surface area contributed by atoms with E-state index in [1.165, 1.54) is 18.2 Å². The van der Waals surface area contributed by atoms with E-state index in [1.54, 1.807) is 25.1 Å². The molecule has 1 unspecified atom stereocenters. The molecule has 0 amide bonds. The second kappa shape index (κ2) is 5.16. The molecule has 0 fully saturated rings. The van der Waals surface area contributed by atoms with Crippen molar-refractivity contribution >= 4 is 15.9 Å². The smallest absolute Gasteiger partial charge is 0.137 e. The van der Waals surface area contributed by atoms with Gasteiger partial charge in [0.1, 0.15) is 11.6 Å². The molecule has 4 heteroatoms. The monoisotopic (exact) mass is 311 g/mol. The Hall–Kier alpha value is -1.26. The SMILES string of the molecule is Cc1cc(F)ccc1C(N)c1cccc(F)c1Br. The van der Waals surface area contributed by atoms with Gasteiger partial charge in [-0.1, -0.05) is 18.2 Å². The normalized spacial score (nSPS) is 12.5. The van der Waals surface area contributed by atoms with E-state index in [0.717, 1.165) is 11.1 Å². The third-order valence-corrected chi connectivity index (χ3v) is 3.72. The zero-order valence-corrected chi connectivity index (χ0v) is 11.3. The average Bonchev–Trinajstić information content (AvgIpc) is 2.32. The first kappa shape index (κ1) is 13.2. The van der Waals surface area contributed by atoms with Crippen molar-refractivity contribution in [2.24, 2.45) is 5.73 Å². The van der Waals surface area contributed by atoms with E-state index in [9.17, 15) is 8.78 Å². The number of hydrogen-bond acceptors (Lipinski definition) is 1. The predicted octanol–water partition coefficient (Wildman–Crippen LogP) is 4.08. The Morgan fingerprint density at radius 3 is 2.50 bits per heavy atom. The van der Waals surface area contributed by atoms with Crippen LogP contribution in [0.3, 0.4) is 0 Å². The molecule has 2 rings (SSSR count). The van der Waals surface area contributed by atoms with Crippen molar-refractivity contribution in [2.45, 2.75) is 13.0 Å². The zero-order valence-electron chi connectivity index (χ0n) is 9.75. The Balaban J connectivity index is 2.48. The molecule has 1 atom stereocenters. The van der Waals surface area contributed by atoms with Gasteiger partial charge in [-0.25, -0.2) is 8.78 Å². The maximum atomic E-state index is 13.5. The fourth-order valence-electron chi connectivity index (χ4n) is 1.92. The van der Waals surface area contributed by atoms with Crippen molar-refractivity contribution in [1.29, 1.82) is 0 Å². The van der Waals surface area contributed by atoms with Gasteiger partial charge in [-0.05, 0) is 57.7 Å². The van der Waals surface area contributed by atoms with Crippen molar-refractivity contribution in [3.63, 3.8) is 0 Å². The number of hydrogen-bond donors (Lipinski definition) is 1. The molecule has 0 bridgehead atoms. The molecule has 0 aromatic heterocycles. The van der Waals surface area contributed by atoms with Crippen LogP contribution in [-0.2, 0) is 0 Å². The number of rotatable bonds is 2. The van der Waals surface area contributed by atoms with Gasteiger partial charge >= 0.3 is 0 Å². The molecule has 0 saturated heterocycles. The zero-order chi connectivity index (χ0) is 13.3. The summed E-state index contributed by atoms with van der Waals surface area (Å²) in [5, 5.41) is 0. The minimum atomic E-state index is -0.490. The Labute approximate surface area is 113 Å². The van der Waals surface area contributed by atoms with Crippen LogP contribution in [-0.4, -0.2) is 0 Å². The molecule has 1 nitrogen and oxygen atoms in total. The Bertz CT molecular complexity index is 584. The van der Waals surface area contributed by atoms with Crippen LogP contribution in [0.5, 0.6) is 0 Å². The standard InChI is InChI=1S/C14H12BrF2N/c1-8-7-9(16)5-6-10(8)14(18)11-3-2-4-12(17)13(11)15/h2-7,14H,18H2,1H3. The van der Waals surface area contributed by atoms with Crippen LogP contribution in [0, 0.1) is 18.6 Å². The first-order valence-electron chi connectivity index (χ1n) is 5.46.